The van der Waals surface area contributed by atoms with Crippen LogP contribution < -0.4 is 0 Å². The quantitative estimate of drug-likeness (QED) is 0.884. The highest BCUT2D eigenvalue weighted by atomic mass is 16.5. The second-order valence-electron chi connectivity index (χ2n) is 5.34. The van der Waals surface area contributed by atoms with Gasteiger partial charge >= 0.3 is 0 Å². The largest absolute Gasteiger partial charge is 0.382 e. The van der Waals surface area contributed by atoms with Gasteiger partial charge in [0.15, 0.2) is 0 Å². The maximum atomic E-state index is 10.9. The van der Waals surface area contributed by atoms with Crippen molar-refractivity contribution in [1.82, 2.24) is 0 Å². The molecule has 0 spiro atoms. The number of rotatable bonds is 4. The van der Waals surface area contributed by atoms with Crippen LogP contribution in [0, 0.1) is 0 Å². The molecule has 1 N–H and O–H groups in total. The van der Waals surface area contributed by atoms with Gasteiger partial charge in [0.2, 0.25) is 0 Å². The van der Waals surface area contributed by atoms with Crippen LogP contribution in [0.5, 0.6) is 0 Å². The summed E-state index contributed by atoms with van der Waals surface area (Å²) in [5.41, 5.74) is 1.56. The predicted molar refractivity (Wildman–Crippen MR) is 73.6 cm³/mol. The summed E-state index contributed by atoms with van der Waals surface area (Å²) in [6.45, 7) is 2.18. The molecular weight excluding hydrogens is 224 g/mol. The Balaban J connectivity index is 2.22. The van der Waals surface area contributed by atoms with E-state index in [1.165, 1.54) is 5.56 Å². The fourth-order valence-electron chi connectivity index (χ4n) is 3.02. The fraction of sp³-hybridized carbons (Fsp3) is 0.625. The third-order valence-electron chi connectivity index (χ3n) is 4.08. The molecule has 0 radical (unpaired) electrons. The summed E-state index contributed by atoms with van der Waals surface area (Å²) in [6, 6.07) is 8.42. The lowest BCUT2D eigenvalue weighted by molar-refractivity contribution is -0.122. The minimum absolute atomic E-state index is 0.0664. The molecule has 2 rings (SSSR count). The summed E-state index contributed by atoms with van der Waals surface area (Å²) in [7, 11) is 1.70. The summed E-state index contributed by atoms with van der Waals surface area (Å²) in [6.07, 6.45) is 6.17. The van der Waals surface area contributed by atoms with Crippen LogP contribution in [0.2, 0.25) is 0 Å². The molecule has 1 aromatic rings. The molecule has 18 heavy (non-hydrogen) atoms. The summed E-state index contributed by atoms with van der Waals surface area (Å²) < 4.78 is 5.49. The number of ether oxygens (including phenoxy) is 1. The van der Waals surface area contributed by atoms with E-state index in [0.29, 0.717) is 0 Å². The molecule has 0 saturated heterocycles. The lowest BCUT2D eigenvalue weighted by atomic mass is 9.77. The number of hydrogen-bond donors (Lipinski definition) is 1. The van der Waals surface area contributed by atoms with E-state index in [2.05, 4.69) is 31.2 Å². The Bertz CT molecular complexity index is 371. The maximum Gasteiger partial charge on any atom is 0.116 e. The average molecular weight is 248 g/mol. The van der Waals surface area contributed by atoms with Gasteiger partial charge in [-0.3, -0.25) is 0 Å². The van der Waals surface area contributed by atoms with E-state index in [4.69, 9.17) is 4.74 Å². The highest BCUT2D eigenvalue weighted by Crippen LogP contribution is 2.38. The minimum Gasteiger partial charge on any atom is -0.382 e. The standard InChI is InChI=1S/C16H24O2/c1-3-6-13-8-10-14(11-9-13)16(17)12-5-4-7-15(16)18-2/h8-11,15,17H,3-7,12H2,1-2H3. The van der Waals surface area contributed by atoms with Crippen LogP contribution in [-0.2, 0) is 16.8 Å². The van der Waals surface area contributed by atoms with Crippen LogP contribution in [0.1, 0.15) is 50.2 Å². The SMILES string of the molecule is CCCc1ccc(C2(O)CCCCC2OC)cc1. The normalized spacial score (nSPS) is 28.3. The molecule has 2 unspecified atom stereocenters. The van der Waals surface area contributed by atoms with Crippen LogP contribution in [-0.4, -0.2) is 18.3 Å². The molecule has 0 heterocycles. The zero-order valence-electron chi connectivity index (χ0n) is 11.5. The van der Waals surface area contributed by atoms with Crippen molar-refractivity contribution >= 4 is 0 Å². The van der Waals surface area contributed by atoms with Crippen LogP contribution in [0.4, 0.5) is 0 Å². The third-order valence-corrected chi connectivity index (χ3v) is 4.08. The first-order valence-electron chi connectivity index (χ1n) is 7.05. The number of aryl methyl sites for hydroxylation is 1. The number of hydrogen-bond acceptors (Lipinski definition) is 2. The first-order chi connectivity index (χ1) is 8.70. The summed E-state index contributed by atoms with van der Waals surface area (Å²) in [5, 5.41) is 10.9. The molecule has 0 amide bonds. The highest BCUT2D eigenvalue weighted by molar-refractivity contribution is 5.29. The van der Waals surface area contributed by atoms with Crippen molar-refractivity contribution < 1.29 is 9.84 Å². The predicted octanol–water partition coefficient (Wildman–Crippen LogP) is 3.42. The Morgan fingerprint density at radius 2 is 2.00 bits per heavy atom. The van der Waals surface area contributed by atoms with Crippen molar-refractivity contribution in [2.24, 2.45) is 0 Å². The molecule has 1 saturated carbocycles. The summed E-state index contributed by atoms with van der Waals surface area (Å²) in [4.78, 5) is 0. The molecule has 2 atom stereocenters. The zero-order valence-corrected chi connectivity index (χ0v) is 11.5. The molecule has 100 valence electrons. The van der Waals surface area contributed by atoms with Gasteiger partial charge in [-0.1, -0.05) is 50.5 Å². The third kappa shape index (κ3) is 2.60. The molecule has 0 aromatic heterocycles. The topological polar surface area (TPSA) is 29.5 Å². The number of benzene rings is 1. The Morgan fingerprint density at radius 3 is 2.61 bits per heavy atom. The maximum absolute atomic E-state index is 10.9. The van der Waals surface area contributed by atoms with Crippen molar-refractivity contribution in [3.05, 3.63) is 35.4 Å². The summed E-state index contributed by atoms with van der Waals surface area (Å²) in [5.74, 6) is 0. The molecule has 2 heteroatoms. The average Bonchev–Trinajstić information content (AvgIpc) is 2.40. The number of aliphatic hydroxyl groups is 1. The van der Waals surface area contributed by atoms with Crippen molar-refractivity contribution in [3.8, 4) is 0 Å². The van der Waals surface area contributed by atoms with Crippen molar-refractivity contribution in [1.29, 1.82) is 0 Å². The van der Waals surface area contributed by atoms with Gasteiger partial charge in [0.05, 0.1) is 6.10 Å². The van der Waals surface area contributed by atoms with E-state index < -0.39 is 5.60 Å². The Labute approximate surface area is 110 Å². The van der Waals surface area contributed by atoms with E-state index in [0.717, 1.165) is 44.1 Å². The molecule has 1 aliphatic rings. The van der Waals surface area contributed by atoms with E-state index in [1.807, 2.05) is 0 Å². The smallest absolute Gasteiger partial charge is 0.116 e. The molecule has 0 aliphatic heterocycles. The van der Waals surface area contributed by atoms with E-state index in [1.54, 1.807) is 7.11 Å². The van der Waals surface area contributed by atoms with Gasteiger partial charge in [0.25, 0.3) is 0 Å². The van der Waals surface area contributed by atoms with Gasteiger partial charge < -0.3 is 9.84 Å². The van der Waals surface area contributed by atoms with E-state index in [-0.39, 0.29) is 6.10 Å². The highest BCUT2D eigenvalue weighted by Gasteiger charge is 2.40. The lowest BCUT2D eigenvalue weighted by Crippen LogP contribution is -2.43. The van der Waals surface area contributed by atoms with Crippen molar-refractivity contribution in [2.75, 3.05) is 7.11 Å². The molecule has 1 fully saturated rings. The summed E-state index contributed by atoms with van der Waals surface area (Å²) >= 11 is 0. The molecule has 1 aliphatic carbocycles. The van der Waals surface area contributed by atoms with Crippen LogP contribution in [0.3, 0.4) is 0 Å². The first kappa shape index (κ1) is 13.6. The fourth-order valence-corrected chi connectivity index (χ4v) is 3.02. The first-order valence-corrected chi connectivity index (χ1v) is 7.05. The van der Waals surface area contributed by atoms with Crippen LogP contribution in [0.15, 0.2) is 24.3 Å². The van der Waals surface area contributed by atoms with Gasteiger partial charge in [0.1, 0.15) is 5.60 Å². The van der Waals surface area contributed by atoms with Gasteiger partial charge in [-0.2, -0.15) is 0 Å². The van der Waals surface area contributed by atoms with Gasteiger partial charge in [0, 0.05) is 7.11 Å². The molecule has 1 aromatic carbocycles. The second-order valence-corrected chi connectivity index (χ2v) is 5.34. The minimum atomic E-state index is -0.794. The van der Waals surface area contributed by atoms with Gasteiger partial charge in [-0.05, 0) is 30.4 Å². The second kappa shape index (κ2) is 5.85. The van der Waals surface area contributed by atoms with Crippen LogP contribution in [0.25, 0.3) is 0 Å². The lowest BCUT2D eigenvalue weighted by Gasteiger charge is -2.39. The zero-order chi connectivity index (χ0) is 13.0. The van der Waals surface area contributed by atoms with Gasteiger partial charge in [-0.25, -0.2) is 0 Å². The van der Waals surface area contributed by atoms with Crippen LogP contribution >= 0.6 is 0 Å². The Kier molecular flexibility index (Phi) is 4.41. The molecule has 0 bridgehead atoms. The van der Waals surface area contributed by atoms with E-state index in [9.17, 15) is 5.11 Å². The van der Waals surface area contributed by atoms with E-state index >= 15 is 0 Å². The molecular formula is C16H24O2. The Morgan fingerprint density at radius 1 is 1.28 bits per heavy atom. The van der Waals surface area contributed by atoms with Crippen molar-refractivity contribution in [2.45, 2.75) is 57.2 Å². The molecule has 2 nitrogen and oxygen atoms in total. The monoisotopic (exact) mass is 248 g/mol. The van der Waals surface area contributed by atoms with Gasteiger partial charge in [-0.15, -0.1) is 0 Å². The van der Waals surface area contributed by atoms with Crippen molar-refractivity contribution in [3.63, 3.8) is 0 Å². The Hall–Kier alpha value is -0.860. The number of methoxy groups -OCH3 is 1.